The molecule has 1 unspecified atom stereocenters. The van der Waals surface area contributed by atoms with Gasteiger partial charge < -0.3 is 10.1 Å². The highest BCUT2D eigenvalue weighted by Crippen LogP contribution is 2.18. The Bertz CT molecular complexity index is 452. The fourth-order valence-electron chi connectivity index (χ4n) is 1.92. The number of aromatic amines is 1. The fourth-order valence-corrected chi connectivity index (χ4v) is 1.92. The zero-order valence-electron chi connectivity index (χ0n) is 10.7. The van der Waals surface area contributed by atoms with Crippen LogP contribution in [0, 0.1) is 0 Å². The third-order valence-electron chi connectivity index (χ3n) is 3.02. The van der Waals surface area contributed by atoms with Gasteiger partial charge in [0.2, 0.25) is 0 Å². The van der Waals surface area contributed by atoms with E-state index in [2.05, 4.69) is 32.9 Å². The predicted molar refractivity (Wildman–Crippen MR) is 69.5 cm³/mol. The largest absolute Gasteiger partial charge is 0.497 e. The van der Waals surface area contributed by atoms with Gasteiger partial charge in [-0.05, 0) is 37.6 Å². The van der Waals surface area contributed by atoms with Gasteiger partial charge in [-0.1, -0.05) is 12.1 Å². The van der Waals surface area contributed by atoms with Gasteiger partial charge in [0.05, 0.1) is 25.0 Å². The summed E-state index contributed by atoms with van der Waals surface area (Å²) in [4.78, 5) is 0. The topological polar surface area (TPSA) is 62.8 Å². The van der Waals surface area contributed by atoms with Crippen LogP contribution < -0.4 is 10.1 Å². The standard InChI is InChI=1S/C13H18N4O/c1-14-12(13-9-15-17-16-13)8-5-10-3-6-11(18-2)7-4-10/h3-4,6-7,9,12,14H,5,8H2,1-2H3,(H,15,16,17). The Labute approximate surface area is 107 Å². The van der Waals surface area contributed by atoms with Gasteiger partial charge in [-0.3, -0.25) is 0 Å². The number of aryl methyl sites for hydroxylation is 1. The first kappa shape index (κ1) is 12.6. The van der Waals surface area contributed by atoms with Crippen LogP contribution in [0.2, 0.25) is 0 Å². The number of hydrogen-bond donors (Lipinski definition) is 2. The Morgan fingerprint density at radius 1 is 1.33 bits per heavy atom. The summed E-state index contributed by atoms with van der Waals surface area (Å²) < 4.78 is 5.14. The zero-order valence-corrected chi connectivity index (χ0v) is 10.7. The van der Waals surface area contributed by atoms with E-state index in [1.54, 1.807) is 13.3 Å². The minimum Gasteiger partial charge on any atom is -0.497 e. The number of aromatic nitrogens is 3. The van der Waals surface area contributed by atoms with E-state index in [1.807, 2.05) is 19.2 Å². The van der Waals surface area contributed by atoms with E-state index >= 15 is 0 Å². The van der Waals surface area contributed by atoms with Crippen molar-refractivity contribution in [2.45, 2.75) is 18.9 Å². The molecule has 1 heterocycles. The fraction of sp³-hybridized carbons (Fsp3) is 0.385. The molecule has 2 rings (SSSR count). The van der Waals surface area contributed by atoms with Crippen LogP contribution in [0.5, 0.6) is 5.75 Å². The van der Waals surface area contributed by atoms with E-state index in [4.69, 9.17) is 4.74 Å². The number of ether oxygens (including phenoxy) is 1. The molecule has 0 saturated heterocycles. The Morgan fingerprint density at radius 3 is 2.67 bits per heavy atom. The maximum atomic E-state index is 5.14. The molecule has 0 aliphatic rings. The summed E-state index contributed by atoms with van der Waals surface area (Å²) in [6.45, 7) is 0. The highest BCUT2D eigenvalue weighted by molar-refractivity contribution is 5.27. The average molecular weight is 246 g/mol. The highest BCUT2D eigenvalue weighted by atomic mass is 16.5. The van der Waals surface area contributed by atoms with E-state index in [0.717, 1.165) is 24.3 Å². The van der Waals surface area contributed by atoms with Crippen LogP contribution >= 0.6 is 0 Å². The molecule has 5 nitrogen and oxygen atoms in total. The van der Waals surface area contributed by atoms with Crippen LogP contribution in [-0.4, -0.2) is 29.6 Å². The minimum absolute atomic E-state index is 0.228. The van der Waals surface area contributed by atoms with E-state index in [-0.39, 0.29) is 6.04 Å². The molecule has 0 aliphatic heterocycles. The van der Waals surface area contributed by atoms with Gasteiger partial charge >= 0.3 is 0 Å². The van der Waals surface area contributed by atoms with Crippen LogP contribution in [0.15, 0.2) is 30.5 Å². The zero-order chi connectivity index (χ0) is 12.8. The second kappa shape index (κ2) is 6.16. The molecule has 0 radical (unpaired) electrons. The van der Waals surface area contributed by atoms with E-state index < -0.39 is 0 Å². The quantitative estimate of drug-likeness (QED) is 0.814. The SMILES string of the molecule is CNC(CCc1ccc(OC)cc1)c1cn[nH]n1. The van der Waals surface area contributed by atoms with Gasteiger partial charge in [0, 0.05) is 0 Å². The first-order valence-electron chi connectivity index (χ1n) is 5.99. The van der Waals surface area contributed by atoms with E-state index in [0.29, 0.717) is 0 Å². The van der Waals surface area contributed by atoms with Crippen molar-refractivity contribution in [3.63, 3.8) is 0 Å². The van der Waals surface area contributed by atoms with Gasteiger partial charge in [-0.25, -0.2) is 0 Å². The van der Waals surface area contributed by atoms with Gasteiger partial charge in [-0.15, -0.1) is 0 Å². The van der Waals surface area contributed by atoms with Crippen LogP contribution in [0.3, 0.4) is 0 Å². The molecular formula is C13H18N4O. The molecule has 1 atom stereocenters. The molecule has 0 fully saturated rings. The maximum absolute atomic E-state index is 5.14. The third kappa shape index (κ3) is 3.07. The van der Waals surface area contributed by atoms with Crippen molar-refractivity contribution in [2.75, 3.05) is 14.2 Å². The number of nitrogens with one attached hydrogen (secondary N) is 2. The lowest BCUT2D eigenvalue weighted by molar-refractivity contribution is 0.414. The molecule has 0 bridgehead atoms. The lowest BCUT2D eigenvalue weighted by Crippen LogP contribution is -2.17. The molecule has 0 saturated carbocycles. The molecule has 0 amide bonds. The number of H-pyrrole nitrogens is 1. The number of rotatable bonds is 6. The molecule has 2 aromatic rings. The lowest BCUT2D eigenvalue weighted by atomic mass is 10.0. The summed E-state index contributed by atoms with van der Waals surface area (Å²) in [6, 6.07) is 8.38. The van der Waals surface area contributed by atoms with E-state index in [1.165, 1.54) is 5.56 Å². The van der Waals surface area contributed by atoms with Crippen molar-refractivity contribution >= 4 is 0 Å². The first-order chi connectivity index (χ1) is 8.83. The van der Waals surface area contributed by atoms with Crippen LogP contribution in [-0.2, 0) is 6.42 Å². The van der Waals surface area contributed by atoms with E-state index in [9.17, 15) is 0 Å². The van der Waals surface area contributed by atoms with Crippen molar-refractivity contribution in [2.24, 2.45) is 0 Å². The Morgan fingerprint density at radius 2 is 2.11 bits per heavy atom. The highest BCUT2D eigenvalue weighted by Gasteiger charge is 2.11. The van der Waals surface area contributed by atoms with Crippen molar-refractivity contribution < 1.29 is 4.74 Å². The van der Waals surface area contributed by atoms with Gasteiger partial charge in [-0.2, -0.15) is 15.4 Å². The molecule has 96 valence electrons. The normalized spacial score (nSPS) is 12.3. The summed E-state index contributed by atoms with van der Waals surface area (Å²) in [5, 5.41) is 13.8. The molecule has 1 aromatic carbocycles. The van der Waals surface area contributed by atoms with Gasteiger partial charge in [0.25, 0.3) is 0 Å². The predicted octanol–water partition coefficient (Wildman–Crippen LogP) is 1.71. The molecule has 18 heavy (non-hydrogen) atoms. The molecule has 0 spiro atoms. The van der Waals surface area contributed by atoms with Crippen LogP contribution in [0.25, 0.3) is 0 Å². The molecular weight excluding hydrogens is 228 g/mol. The number of methoxy groups -OCH3 is 1. The monoisotopic (exact) mass is 246 g/mol. The van der Waals surface area contributed by atoms with Crippen molar-refractivity contribution in [3.05, 3.63) is 41.7 Å². The van der Waals surface area contributed by atoms with Gasteiger partial charge in [0.1, 0.15) is 5.75 Å². The van der Waals surface area contributed by atoms with Crippen LogP contribution in [0.1, 0.15) is 23.7 Å². The Kier molecular flexibility index (Phi) is 4.30. The number of nitrogens with zero attached hydrogens (tertiary/aromatic N) is 2. The first-order valence-corrected chi connectivity index (χ1v) is 5.99. The maximum Gasteiger partial charge on any atom is 0.118 e. The molecule has 5 heteroatoms. The van der Waals surface area contributed by atoms with Crippen molar-refractivity contribution in [3.8, 4) is 5.75 Å². The lowest BCUT2D eigenvalue weighted by Gasteiger charge is -2.13. The summed E-state index contributed by atoms with van der Waals surface area (Å²) in [6.07, 6.45) is 3.73. The molecule has 2 N–H and O–H groups in total. The second-order valence-corrected chi connectivity index (χ2v) is 4.12. The second-order valence-electron chi connectivity index (χ2n) is 4.12. The Hall–Kier alpha value is -1.88. The molecule has 1 aromatic heterocycles. The number of benzene rings is 1. The summed E-state index contributed by atoms with van der Waals surface area (Å²) >= 11 is 0. The van der Waals surface area contributed by atoms with Crippen molar-refractivity contribution in [1.82, 2.24) is 20.7 Å². The summed E-state index contributed by atoms with van der Waals surface area (Å²) in [5.41, 5.74) is 2.24. The minimum atomic E-state index is 0.228. The van der Waals surface area contributed by atoms with Gasteiger partial charge in [0.15, 0.2) is 0 Å². The Balaban J connectivity index is 1.93. The summed E-state index contributed by atoms with van der Waals surface area (Å²) in [5.74, 6) is 0.889. The van der Waals surface area contributed by atoms with Crippen LogP contribution in [0.4, 0.5) is 0 Å². The third-order valence-corrected chi connectivity index (χ3v) is 3.02. The number of hydrogen-bond acceptors (Lipinski definition) is 4. The summed E-state index contributed by atoms with van der Waals surface area (Å²) in [7, 11) is 3.62. The van der Waals surface area contributed by atoms with Crippen molar-refractivity contribution in [1.29, 1.82) is 0 Å². The average Bonchev–Trinajstić information content (AvgIpc) is 2.94. The smallest absolute Gasteiger partial charge is 0.118 e. The molecule has 0 aliphatic carbocycles.